The van der Waals surface area contributed by atoms with Gasteiger partial charge in [-0.25, -0.2) is 0 Å². The molecule has 2 unspecified atom stereocenters. The Morgan fingerprint density at radius 3 is 2.42 bits per heavy atom. The molecule has 1 saturated carbocycles. The molecule has 2 nitrogen and oxygen atoms in total. The Hall–Kier alpha value is 0.210. The van der Waals surface area contributed by atoms with Gasteiger partial charge in [-0.2, -0.15) is 0 Å². The summed E-state index contributed by atoms with van der Waals surface area (Å²) in [5, 5.41) is 3.47. The standard InChI is InChI=1S/C9H18N2.ClH/c1-11(2)8-3-4-9(8)5-6-10-7-9;/h8,10H,3-7H2,1-2H3;1H. The van der Waals surface area contributed by atoms with Crippen LogP contribution >= 0.6 is 12.4 Å². The van der Waals surface area contributed by atoms with Crippen molar-refractivity contribution in [2.45, 2.75) is 25.3 Å². The minimum atomic E-state index is 0. The molecule has 12 heavy (non-hydrogen) atoms. The summed E-state index contributed by atoms with van der Waals surface area (Å²) in [4.78, 5) is 2.40. The van der Waals surface area contributed by atoms with Crippen LogP contribution in [0.1, 0.15) is 19.3 Å². The molecule has 0 radical (unpaired) electrons. The van der Waals surface area contributed by atoms with Crippen LogP contribution < -0.4 is 5.32 Å². The Morgan fingerprint density at radius 1 is 1.33 bits per heavy atom. The van der Waals surface area contributed by atoms with Crippen LogP contribution in [0, 0.1) is 5.41 Å². The first kappa shape index (κ1) is 10.3. The Balaban J connectivity index is 0.000000720. The monoisotopic (exact) mass is 190 g/mol. The molecule has 72 valence electrons. The van der Waals surface area contributed by atoms with Gasteiger partial charge in [0.05, 0.1) is 0 Å². The summed E-state index contributed by atoms with van der Waals surface area (Å²) in [7, 11) is 4.42. The highest BCUT2D eigenvalue weighted by molar-refractivity contribution is 5.85. The SMILES string of the molecule is CN(C)C1CCC12CCNC2.Cl. The minimum absolute atomic E-state index is 0. The van der Waals surface area contributed by atoms with E-state index >= 15 is 0 Å². The predicted molar refractivity (Wildman–Crippen MR) is 53.9 cm³/mol. The van der Waals surface area contributed by atoms with Crippen molar-refractivity contribution in [2.24, 2.45) is 5.41 Å². The molecule has 1 aliphatic heterocycles. The number of hydrogen-bond acceptors (Lipinski definition) is 2. The lowest BCUT2D eigenvalue weighted by Gasteiger charge is -2.50. The summed E-state index contributed by atoms with van der Waals surface area (Å²) in [6.07, 6.45) is 4.26. The third-order valence-corrected chi connectivity index (χ3v) is 3.52. The normalized spacial score (nSPS) is 39.8. The number of nitrogens with one attached hydrogen (secondary N) is 1. The van der Waals surface area contributed by atoms with E-state index in [2.05, 4.69) is 24.3 Å². The molecule has 0 aromatic heterocycles. The third-order valence-electron chi connectivity index (χ3n) is 3.52. The van der Waals surface area contributed by atoms with E-state index in [-0.39, 0.29) is 12.4 Å². The summed E-state index contributed by atoms with van der Waals surface area (Å²) < 4.78 is 0. The maximum atomic E-state index is 3.47. The molecule has 1 saturated heterocycles. The Kier molecular flexibility index (Phi) is 3.02. The smallest absolute Gasteiger partial charge is 0.0158 e. The second kappa shape index (κ2) is 3.52. The van der Waals surface area contributed by atoms with Gasteiger partial charge in [-0.1, -0.05) is 0 Å². The Bertz CT molecular complexity index is 153. The fraction of sp³-hybridized carbons (Fsp3) is 1.00. The summed E-state index contributed by atoms with van der Waals surface area (Å²) in [6, 6.07) is 0.859. The van der Waals surface area contributed by atoms with Crippen LogP contribution in [0.5, 0.6) is 0 Å². The maximum absolute atomic E-state index is 3.47. The summed E-state index contributed by atoms with van der Waals surface area (Å²) in [5.41, 5.74) is 0.670. The van der Waals surface area contributed by atoms with E-state index in [0.717, 1.165) is 6.04 Å². The van der Waals surface area contributed by atoms with Crippen molar-refractivity contribution in [3.05, 3.63) is 0 Å². The first-order valence-corrected chi connectivity index (χ1v) is 4.62. The average Bonchev–Trinajstić information content (AvgIpc) is 2.31. The first-order valence-electron chi connectivity index (χ1n) is 4.62. The number of halogens is 1. The zero-order valence-electron chi connectivity index (χ0n) is 7.97. The van der Waals surface area contributed by atoms with Crippen molar-refractivity contribution in [1.82, 2.24) is 10.2 Å². The lowest BCUT2D eigenvalue weighted by Crippen LogP contribution is -2.53. The van der Waals surface area contributed by atoms with Crippen LogP contribution in [0.2, 0.25) is 0 Å². The van der Waals surface area contributed by atoms with Crippen molar-refractivity contribution in [3.8, 4) is 0 Å². The highest BCUT2D eigenvalue weighted by Crippen LogP contribution is 2.47. The van der Waals surface area contributed by atoms with E-state index in [1.165, 1.54) is 32.4 Å². The molecule has 2 atom stereocenters. The molecule has 0 aromatic carbocycles. The second-order valence-electron chi connectivity index (χ2n) is 4.31. The zero-order valence-corrected chi connectivity index (χ0v) is 8.78. The third kappa shape index (κ3) is 1.36. The number of hydrogen-bond donors (Lipinski definition) is 1. The molecule has 2 fully saturated rings. The molecule has 1 N–H and O–H groups in total. The lowest BCUT2D eigenvalue weighted by molar-refractivity contribution is 0.0162. The van der Waals surface area contributed by atoms with Gasteiger partial charge in [0.25, 0.3) is 0 Å². The van der Waals surface area contributed by atoms with Crippen LogP contribution in [0.3, 0.4) is 0 Å². The number of nitrogens with zero attached hydrogens (tertiary/aromatic N) is 1. The fourth-order valence-electron chi connectivity index (χ4n) is 2.75. The van der Waals surface area contributed by atoms with Crippen LogP contribution in [0.4, 0.5) is 0 Å². The van der Waals surface area contributed by atoms with Crippen molar-refractivity contribution in [1.29, 1.82) is 0 Å². The molecule has 0 aromatic rings. The van der Waals surface area contributed by atoms with E-state index in [0.29, 0.717) is 5.41 Å². The maximum Gasteiger partial charge on any atom is 0.0158 e. The van der Waals surface area contributed by atoms with Gasteiger partial charge in [-0.15, -0.1) is 12.4 Å². The van der Waals surface area contributed by atoms with E-state index in [9.17, 15) is 0 Å². The Labute approximate surface area is 81.1 Å². The fourth-order valence-corrected chi connectivity index (χ4v) is 2.75. The molecular weight excluding hydrogens is 172 g/mol. The molecule has 0 amide bonds. The topological polar surface area (TPSA) is 15.3 Å². The summed E-state index contributed by atoms with van der Waals surface area (Å²) in [6.45, 7) is 2.50. The average molecular weight is 191 g/mol. The predicted octanol–water partition coefficient (Wildman–Crippen LogP) is 1.11. The van der Waals surface area contributed by atoms with Gasteiger partial charge in [0.15, 0.2) is 0 Å². The van der Waals surface area contributed by atoms with Crippen molar-refractivity contribution < 1.29 is 0 Å². The highest BCUT2D eigenvalue weighted by Gasteiger charge is 2.48. The van der Waals surface area contributed by atoms with Gasteiger partial charge in [0.1, 0.15) is 0 Å². The van der Waals surface area contributed by atoms with E-state index in [4.69, 9.17) is 0 Å². The van der Waals surface area contributed by atoms with Crippen LogP contribution in [0.25, 0.3) is 0 Å². The van der Waals surface area contributed by atoms with Crippen LogP contribution in [0.15, 0.2) is 0 Å². The molecule has 3 heteroatoms. The van der Waals surface area contributed by atoms with E-state index in [1.54, 1.807) is 0 Å². The Morgan fingerprint density at radius 2 is 2.08 bits per heavy atom. The molecule has 0 bridgehead atoms. The van der Waals surface area contributed by atoms with Gasteiger partial charge in [-0.05, 0) is 45.3 Å². The molecule has 1 spiro atoms. The summed E-state index contributed by atoms with van der Waals surface area (Å²) >= 11 is 0. The van der Waals surface area contributed by atoms with E-state index < -0.39 is 0 Å². The van der Waals surface area contributed by atoms with Gasteiger partial charge in [0.2, 0.25) is 0 Å². The first-order chi connectivity index (χ1) is 5.25. The second-order valence-corrected chi connectivity index (χ2v) is 4.31. The largest absolute Gasteiger partial charge is 0.316 e. The molecular formula is C9H19ClN2. The van der Waals surface area contributed by atoms with Crippen LogP contribution in [-0.2, 0) is 0 Å². The van der Waals surface area contributed by atoms with Gasteiger partial charge >= 0.3 is 0 Å². The van der Waals surface area contributed by atoms with Crippen LogP contribution in [-0.4, -0.2) is 38.1 Å². The number of rotatable bonds is 1. The van der Waals surface area contributed by atoms with Gasteiger partial charge < -0.3 is 10.2 Å². The van der Waals surface area contributed by atoms with Gasteiger partial charge in [-0.3, -0.25) is 0 Å². The summed E-state index contributed by atoms with van der Waals surface area (Å²) in [5.74, 6) is 0. The highest BCUT2D eigenvalue weighted by atomic mass is 35.5. The quantitative estimate of drug-likeness (QED) is 0.667. The zero-order chi connectivity index (χ0) is 7.90. The molecule has 1 aliphatic carbocycles. The molecule has 1 heterocycles. The lowest BCUT2D eigenvalue weighted by atomic mass is 9.63. The van der Waals surface area contributed by atoms with E-state index in [1.807, 2.05) is 0 Å². The minimum Gasteiger partial charge on any atom is -0.316 e. The molecule has 2 aliphatic rings. The van der Waals surface area contributed by atoms with Crippen molar-refractivity contribution >= 4 is 12.4 Å². The van der Waals surface area contributed by atoms with Gasteiger partial charge in [0, 0.05) is 12.6 Å². The van der Waals surface area contributed by atoms with Crippen molar-refractivity contribution in [2.75, 3.05) is 27.2 Å². The van der Waals surface area contributed by atoms with Crippen molar-refractivity contribution in [3.63, 3.8) is 0 Å². The molecule has 2 rings (SSSR count).